The van der Waals surface area contributed by atoms with Gasteiger partial charge in [-0.2, -0.15) is 0 Å². The molecule has 7 nitrogen and oxygen atoms in total. The number of amides is 1. The Bertz CT molecular complexity index is 940. The van der Waals surface area contributed by atoms with E-state index in [1.807, 2.05) is 64.2 Å². The van der Waals surface area contributed by atoms with Crippen molar-refractivity contribution in [2.45, 2.75) is 50.4 Å². The average Bonchev–Trinajstić information content (AvgIpc) is 2.69. The summed E-state index contributed by atoms with van der Waals surface area (Å²) < 4.78 is 38.4. The summed E-state index contributed by atoms with van der Waals surface area (Å²) in [5.74, 6) is 0.193. The molecule has 2 rings (SSSR count). The maximum atomic E-state index is 12.4. The quantitative estimate of drug-likeness (QED) is 0.450. The maximum Gasteiger partial charge on any atom is 0.257 e. The van der Waals surface area contributed by atoms with Crippen molar-refractivity contribution < 1.29 is 22.5 Å². The summed E-state index contributed by atoms with van der Waals surface area (Å²) in [6, 6.07) is 15.7. The average molecular weight is 451 g/mol. The summed E-state index contributed by atoms with van der Waals surface area (Å²) in [5, 5.41) is -0.0776. The van der Waals surface area contributed by atoms with Gasteiger partial charge in [0.1, 0.15) is 12.4 Å². The zero-order chi connectivity index (χ0) is 22.4. The van der Waals surface area contributed by atoms with Crippen molar-refractivity contribution in [1.82, 2.24) is 10.2 Å². The zero-order valence-electron chi connectivity index (χ0n) is 18.1. The van der Waals surface area contributed by atoms with Gasteiger partial charge in [0.2, 0.25) is 18.3 Å². The molecule has 1 amide bonds. The van der Waals surface area contributed by atoms with E-state index in [1.54, 1.807) is 12.1 Å². The van der Waals surface area contributed by atoms with Crippen LogP contribution in [0.5, 0.6) is 5.75 Å². The van der Waals surface area contributed by atoms with Gasteiger partial charge in [0.25, 0.3) is 5.91 Å². The lowest BCUT2D eigenvalue weighted by Gasteiger charge is -2.35. The number of nitrogens with one attached hydrogen (secondary N) is 2. The predicted molar refractivity (Wildman–Crippen MR) is 119 cm³/mol. The lowest BCUT2D eigenvalue weighted by atomic mass is 10.2. The standard InChI is InChI=1S/C21H30N2O5SSi/c1-21(2,3)30(4,5)28-23-20(24)15-22-29(25,26)19-13-11-17(12-14-19)16-27-18-9-7-6-8-10-18/h6-14,22H,15-16H2,1-5H3,(H,23,24). The SMILES string of the molecule is CC(C)(C)[Si](C)(C)ONC(=O)CNS(=O)(=O)c1ccc(COc2ccccc2)cc1. The number of hydroxylamine groups is 1. The lowest BCUT2D eigenvalue weighted by Crippen LogP contribution is -2.48. The van der Waals surface area contributed by atoms with Crippen molar-refractivity contribution >= 4 is 24.2 Å². The lowest BCUT2D eigenvalue weighted by molar-refractivity contribution is -0.127. The van der Waals surface area contributed by atoms with E-state index in [-0.39, 0.29) is 9.93 Å². The van der Waals surface area contributed by atoms with E-state index in [1.165, 1.54) is 12.1 Å². The van der Waals surface area contributed by atoms with E-state index < -0.39 is 30.8 Å². The molecule has 0 saturated carbocycles. The van der Waals surface area contributed by atoms with Gasteiger partial charge < -0.3 is 9.26 Å². The molecule has 9 heteroatoms. The second-order valence-electron chi connectivity index (χ2n) is 8.46. The van der Waals surface area contributed by atoms with Crippen molar-refractivity contribution in [1.29, 1.82) is 0 Å². The number of hydrogen-bond acceptors (Lipinski definition) is 5. The van der Waals surface area contributed by atoms with E-state index in [0.717, 1.165) is 11.3 Å². The first-order valence-electron chi connectivity index (χ1n) is 9.64. The van der Waals surface area contributed by atoms with Gasteiger partial charge in [-0.05, 0) is 48.0 Å². The third-order valence-electron chi connectivity index (χ3n) is 5.03. The molecule has 0 unspecified atom stereocenters. The number of ether oxygens (including phenoxy) is 1. The van der Waals surface area contributed by atoms with Crippen LogP contribution in [0.15, 0.2) is 59.5 Å². The first-order valence-corrected chi connectivity index (χ1v) is 14.0. The van der Waals surface area contributed by atoms with Crippen LogP contribution in [0.2, 0.25) is 18.1 Å². The number of carbonyl (C=O) groups is 1. The van der Waals surface area contributed by atoms with E-state index in [4.69, 9.17) is 9.26 Å². The molecular weight excluding hydrogens is 420 g/mol. The Morgan fingerprint density at radius 1 is 1.00 bits per heavy atom. The molecule has 0 spiro atoms. The fraction of sp³-hybridized carbons (Fsp3) is 0.381. The molecule has 0 bridgehead atoms. The molecule has 2 aromatic carbocycles. The van der Waals surface area contributed by atoms with Crippen LogP contribution in [0, 0.1) is 0 Å². The van der Waals surface area contributed by atoms with Gasteiger partial charge in [0, 0.05) is 0 Å². The molecule has 0 aliphatic heterocycles. The van der Waals surface area contributed by atoms with Gasteiger partial charge in [0.15, 0.2) is 0 Å². The molecule has 2 aromatic rings. The fourth-order valence-electron chi connectivity index (χ4n) is 2.07. The molecule has 0 aromatic heterocycles. The topological polar surface area (TPSA) is 93.7 Å². The first kappa shape index (κ1) is 24.1. The van der Waals surface area contributed by atoms with Crippen LogP contribution in [-0.4, -0.2) is 29.2 Å². The zero-order valence-corrected chi connectivity index (χ0v) is 19.9. The summed E-state index contributed by atoms with van der Waals surface area (Å²) in [7, 11) is -5.98. The monoisotopic (exact) mass is 450 g/mol. The minimum absolute atomic E-state index is 0.0732. The molecule has 0 radical (unpaired) electrons. The van der Waals surface area contributed by atoms with Crippen LogP contribution < -0.4 is 14.9 Å². The van der Waals surface area contributed by atoms with Crippen LogP contribution in [0.4, 0.5) is 0 Å². The maximum absolute atomic E-state index is 12.4. The van der Waals surface area contributed by atoms with Gasteiger partial charge >= 0.3 is 0 Å². The Labute approximate surface area is 179 Å². The molecule has 30 heavy (non-hydrogen) atoms. The van der Waals surface area contributed by atoms with E-state index in [0.29, 0.717) is 6.61 Å². The van der Waals surface area contributed by atoms with E-state index >= 15 is 0 Å². The summed E-state index contributed by atoms with van der Waals surface area (Å²) in [6.45, 7) is 10.0. The molecule has 0 heterocycles. The Morgan fingerprint density at radius 2 is 1.60 bits per heavy atom. The summed E-state index contributed by atoms with van der Waals surface area (Å²) >= 11 is 0. The van der Waals surface area contributed by atoms with Crippen molar-refractivity contribution in [2.75, 3.05) is 6.54 Å². The van der Waals surface area contributed by atoms with Crippen molar-refractivity contribution in [3.05, 3.63) is 60.2 Å². The minimum Gasteiger partial charge on any atom is -0.489 e. The van der Waals surface area contributed by atoms with Gasteiger partial charge in [-0.15, -0.1) is 0 Å². The van der Waals surface area contributed by atoms with Crippen molar-refractivity contribution in [3.63, 3.8) is 0 Å². The number of rotatable bonds is 9. The van der Waals surface area contributed by atoms with Gasteiger partial charge in [-0.25, -0.2) is 18.6 Å². The first-order chi connectivity index (χ1) is 13.9. The van der Waals surface area contributed by atoms with Crippen LogP contribution in [-0.2, 0) is 26.0 Å². The van der Waals surface area contributed by atoms with E-state index in [2.05, 4.69) is 10.2 Å². The van der Waals surface area contributed by atoms with Gasteiger partial charge in [0.05, 0.1) is 11.4 Å². The summed E-state index contributed by atoms with van der Waals surface area (Å²) in [6.07, 6.45) is 0. The molecule has 2 N–H and O–H groups in total. The highest BCUT2D eigenvalue weighted by Crippen LogP contribution is 2.35. The Balaban J connectivity index is 1.87. The predicted octanol–water partition coefficient (Wildman–Crippen LogP) is 3.60. The fourth-order valence-corrected chi connectivity index (χ4v) is 3.72. The van der Waals surface area contributed by atoms with Crippen molar-refractivity contribution in [2.24, 2.45) is 0 Å². The number of sulfonamides is 1. The largest absolute Gasteiger partial charge is 0.489 e. The smallest absolute Gasteiger partial charge is 0.257 e. The molecule has 164 valence electrons. The summed E-state index contributed by atoms with van der Waals surface area (Å²) in [5.41, 5.74) is 3.21. The third kappa shape index (κ3) is 6.94. The Morgan fingerprint density at radius 3 is 2.17 bits per heavy atom. The number of carbonyl (C=O) groups excluding carboxylic acids is 1. The molecule has 0 fully saturated rings. The Hall–Kier alpha value is -2.20. The molecule has 0 atom stereocenters. The Kier molecular flexibility index (Phi) is 7.81. The van der Waals surface area contributed by atoms with Crippen LogP contribution in [0.25, 0.3) is 0 Å². The van der Waals surface area contributed by atoms with Gasteiger partial charge in [-0.3, -0.25) is 4.79 Å². The molecule has 0 aliphatic rings. The summed E-state index contributed by atoms with van der Waals surface area (Å²) in [4.78, 5) is 12.1. The molecular formula is C21H30N2O5SSi. The second-order valence-corrected chi connectivity index (χ2v) is 14.9. The second kappa shape index (κ2) is 9.74. The minimum atomic E-state index is -3.82. The van der Waals surface area contributed by atoms with Gasteiger partial charge in [-0.1, -0.05) is 51.1 Å². The van der Waals surface area contributed by atoms with Crippen molar-refractivity contribution in [3.8, 4) is 5.75 Å². The number of benzene rings is 2. The number of para-hydroxylation sites is 1. The van der Waals surface area contributed by atoms with Crippen LogP contribution in [0.3, 0.4) is 0 Å². The van der Waals surface area contributed by atoms with E-state index in [9.17, 15) is 13.2 Å². The number of hydrogen-bond donors (Lipinski definition) is 2. The van der Waals surface area contributed by atoms with Crippen LogP contribution >= 0.6 is 0 Å². The molecule has 0 saturated heterocycles. The highest BCUT2D eigenvalue weighted by Gasteiger charge is 2.38. The highest BCUT2D eigenvalue weighted by atomic mass is 32.2. The third-order valence-corrected chi connectivity index (χ3v) is 10.7. The highest BCUT2D eigenvalue weighted by molar-refractivity contribution is 7.89. The van der Waals surface area contributed by atoms with Crippen LogP contribution in [0.1, 0.15) is 26.3 Å². The molecule has 0 aliphatic carbocycles. The normalized spacial score (nSPS) is 12.4.